The first kappa shape index (κ1) is 36.3. The third-order valence-corrected chi connectivity index (χ3v) is 6.91. The highest BCUT2D eigenvalue weighted by Crippen LogP contribution is 2.22. The molecule has 0 aromatic heterocycles. The fourth-order valence-corrected chi connectivity index (χ4v) is 4.40. The van der Waals surface area contributed by atoms with Gasteiger partial charge in [-0.2, -0.15) is 0 Å². The van der Waals surface area contributed by atoms with Crippen LogP contribution in [-0.4, -0.2) is 57.8 Å². The first-order chi connectivity index (χ1) is 19.3. The lowest BCUT2D eigenvalue weighted by molar-refractivity contribution is -0.151. The average molecular weight is 573 g/mol. The summed E-state index contributed by atoms with van der Waals surface area (Å²) in [5, 5.41) is 29.3. The molecular weight excluding hydrogens is 520 g/mol. The third kappa shape index (κ3) is 16.3. The van der Waals surface area contributed by atoms with Gasteiger partial charge in [-0.1, -0.05) is 86.1 Å². The number of rotatable bonds is 11. The number of hydrogen-bond donors (Lipinski definition) is 3. The molecule has 3 N–H and O–H groups in total. The summed E-state index contributed by atoms with van der Waals surface area (Å²) in [6.45, 7) is 13.4. The van der Waals surface area contributed by atoms with Crippen molar-refractivity contribution in [3.63, 3.8) is 0 Å². The highest BCUT2D eigenvalue weighted by atomic mass is 16.5. The van der Waals surface area contributed by atoms with Crippen LogP contribution in [0, 0.1) is 11.8 Å². The molecule has 1 aliphatic heterocycles. The van der Waals surface area contributed by atoms with E-state index < -0.39 is 24.3 Å². The number of aliphatic hydroxyl groups excluding tert-OH is 3. The van der Waals surface area contributed by atoms with Crippen LogP contribution in [0.3, 0.4) is 0 Å². The van der Waals surface area contributed by atoms with E-state index in [0.717, 1.165) is 23.1 Å². The van der Waals surface area contributed by atoms with Crippen molar-refractivity contribution in [2.75, 3.05) is 0 Å². The third-order valence-electron chi connectivity index (χ3n) is 6.91. The zero-order chi connectivity index (χ0) is 30.9. The van der Waals surface area contributed by atoms with Crippen molar-refractivity contribution in [2.24, 2.45) is 11.8 Å². The summed E-state index contributed by atoms with van der Waals surface area (Å²) in [6.07, 6.45) is 16.3. The van der Waals surface area contributed by atoms with Crippen LogP contribution in [0.5, 0.6) is 0 Å². The van der Waals surface area contributed by atoms with E-state index >= 15 is 0 Å². The van der Waals surface area contributed by atoms with Gasteiger partial charge in [0.25, 0.3) is 0 Å². The number of carbonyl (C=O) groups excluding carboxylic acids is 2. The van der Waals surface area contributed by atoms with Gasteiger partial charge < -0.3 is 24.8 Å². The van der Waals surface area contributed by atoms with Gasteiger partial charge in [0, 0.05) is 25.3 Å². The largest absolute Gasteiger partial charge is 0.462 e. The molecule has 7 heteroatoms. The summed E-state index contributed by atoms with van der Waals surface area (Å²) < 4.78 is 11.4. The monoisotopic (exact) mass is 572 g/mol. The number of allylic oxidation sites excluding steroid dienone is 9. The van der Waals surface area contributed by atoms with Crippen molar-refractivity contribution in [1.29, 1.82) is 0 Å². The highest BCUT2D eigenvalue weighted by molar-refractivity contribution is 5.82. The molecular formula is C34H52O7. The molecule has 0 aliphatic carbocycles. The maximum Gasteiger partial charge on any atom is 0.331 e. The van der Waals surface area contributed by atoms with Crippen LogP contribution < -0.4 is 0 Å². The van der Waals surface area contributed by atoms with Crippen molar-refractivity contribution in [1.82, 2.24) is 0 Å². The molecule has 6 atom stereocenters. The number of carbonyl (C=O) groups is 2. The number of cyclic esters (lactones) is 1. The Hall–Kier alpha value is -2.74. The Morgan fingerprint density at radius 2 is 1.71 bits per heavy atom. The van der Waals surface area contributed by atoms with E-state index in [-0.39, 0.29) is 36.4 Å². The molecule has 0 spiro atoms. The first-order valence-electron chi connectivity index (χ1n) is 14.8. The second-order valence-corrected chi connectivity index (χ2v) is 11.6. The SMILES string of the molecule is CC(=C\C=C\C(C)=C\[C@@H](O)[C@H](O)C[C@@H](C)O)/C=C(C)/C=C/C(=O)O[C@H]1CCCC(=O)O[C@@H](C(C)C)C/C=C/C[C@@H]1C. The molecule has 1 aliphatic rings. The molecule has 0 aromatic rings. The Morgan fingerprint density at radius 3 is 2.37 bits per heavy atom. The lowest BCUT2D eigenvalue weighted by Crippen LogP contribution is -2.27. The number of esters is 2. The van der Waals surface area contributed by atoms with Crippen LogP contribution in [0.15, 0.2) is 71.4 Å². The predicted octanol–water partition coefficient (Wildman–Crippen LogP) is 6.07. The molecule has 1 rings (SSSR count). The Morgan fingerprint density at radius 1 is 1.02 bits per heavy atom. The molecule has 1 heterocycles. The molecule has 0 aromatic carbocycles. The van der Waals surface area contributed by atoms with Crippen molar-refractivity contribution in [3.05, 3.63) is 71.4 Å². The Labute approximate surface area is 247 Å². The molecule has 7 nitrogen and oxygen atoms in total. The minimum Gasteiger partial charge on any atom is -0.462 e. The second kappa shape index (κ2) is 19.4. The van der Waals surface area contributed by atoms with Gasteiger partial charge >= 0.3 is 11.9 Å². The van der Waals surface area contributed by atoms with Crippen molar-refractivity contribution >= 4 is 11.9 Å². The van der Waals surface area contributed by atoms with E-state index in [2.05, 4.69) is 32.9 Å². The summed E-state index contributed by atoms with van der Waals surface area (Å²) in [4.78, 5) is 24.9. The van der Waals surface area contributed by atoms with E-state index in [0.29, 0.717) is 25.7 Å². The quantitative estimate of drug-likeness (QED) is 0.119. The maximum absolute atomic E-state index is 12.6. The number of ether oxygens (including phenoxy) is 2. The summed E-state index contributed by atoms with van der Waals surface area (Å²) in [7, 11) is 0. The molecule has 0 unspecified atom stereocenters. The molecule has 230 valence electrons. The minimum atomic E-state index is -1.05. The van der Waals surface area contributed by atoms with Crippen LogP contribution in [0.1, 0.15) is 87.0 Å². The second-order valence-electron chi connectivity index (χ2n) is 11.6. The Bertz CT molecular complexity index is 997. The molecule has 0 fully saturated rings. The summed E-state index contributed by atoms with van der Waals surface area (Å²) in [5.41, 5.74) is 2.62. The van der Waals surface area contributed by atoms with E-state index in [1.54, 1.807) is 19.1 Å². The van der Waals surface area contributed by atoms with Crippen LogP contribution in [0.2, 0.25) is 0 Å². The van der Waals surface area contributed by atoms with E-state index in [1.807, 2.05) is 45.1 Å². The van der Waals surface area contributed by atoms with Crippen LogP contribution in [0.4, 0.5) is 0 Å². The van der Waals surface area contributed by atoms with Gasteiger partial charge in [0.2, 0.25) is 0 Å². The molecule has 0 amide bonds. The summed E-state index contributed by atoms with van der Waals surface area (Å²) in [6, 6.07) is 0. The van der Waals surface area contributed by atoms with E-state index in [9.17, 15) is 24.9 Å². The van der Waals surface area contributed by atoms with Crippen molar-refractivity contribution in [3.8, 4) is 0 Å². The standard InChI is InChI=1S/C34H52O7/c1-23(2)31-15-9-8-14-27(6)32(16-11-17-33(38)40-31)41-34(39)19-18-26(5)20-24(3)12-10-13-25(4)21-29(36)30(37)22-28(7)35/h8-10,12-13,18-21,23,27-32,35-37H,11,14-17,22H2,1-7H3/b9-8+,13-10+,19-18+,24-12+,25-21+,26-20+/t27-,28+,29+,30+,31+,32-/m0/s1. The lowest BCUT2D eigenvalue weighted by atomic mass is 9.94. The zero-order valence-electron chi connectivity index (χ0n) is 26.0. The van der Waals surface area contributed by atoms with Gasteiger partial charge in [0.15, 0.2) is 0 Å². The van der Waals surface area contributed by atoms with Crippen LogP contribution >= 0.6 is 0 Å². The van der Waals surface area contributed by atoms with Gasteiger partial charge in [-0.05, 0) is 58.8 Å². The highest BCUT2D eigenvalue weighted by Gasteiger charge is 2.23. The van der Waals surface area contributed by atoms with E-state index in [4.69, 9.17) is 9.47 Å². The fraction of sp³-hybridized carbons (Fsp3) is 0.588. The summed E-state index contributed by atoms with van der Waals surface area (Å²) >= 11 is 0. The Balaban J connectivity index is 2.73. The topological polar surface area (TPSA) is 113 Å². The van der Waals surface area contributed by atoms with Gasteiger partial charge in [0.1, 0.15) is 12.2 Å². The molecule has 0 saturated heterocycles. The minimum absolute atomic E-state index is 0.102. The average Bonchev–Trinajstić information content (AvgIpc) is 2.87. The van der Waals surface area contributed by atoms with Gasteiger partial charge in [-0.15, -0.1) is 0 Å². The normalized spacial score (nSPS) is 25.4. The van der Waals surface area contributed by atoms with E-state index in [1.165, 1.54) is 6.08 Å². The fourth-order valence-electron chi connectivity index (χ4n) is 4.40. The molecule has 41 heavy (non-hydrogen) atoms. The molecule has 0 radical (unpaired) electrons. The smallest absolute Gasteiger partial charge is 0.331 e. The molecule has 0 bridgehead atoms. The first-order valence-corrected chi connectivity index (χ1v) is 14.8. The maximum atomic E-state index is 12.6. The van der Waals surface area contributed by atoms with Crippen LogP contribution in [-0.2, 0) is 19.1 Å². The number of aliphatic hydroxyl groups is 3. The van der Waals surface area contributed by atoms with Crippen molar-refractivity contribution in [2.45, 2.75) is 118 Å². The molecule has 0 saturated carbocycles. The number of hydrogen-bond acceptors (Lipinski definition) is 7. The van der Waals surface area contributed by atoms with Crippen LogP contribution in [0.25, 0.3) is 0 Å². The van der Waals surface area contributed by atoms with Gasteiger partial charge in [0.05, 0.1) is 18.3 Å². The predicted molar refractivity (Wildman–Crippen MR) is 164 cm³/mol. The Kier molecular flexibility index (Phi) is 17.2. The summed E-state index contributed by atoms with van der Waals surface area (Å²) in [5.74, 6) is -0.228. The lowest BCUT2D eigenvalue weighted by Gasteiger charge is -2.24. The van der Waals surface area contributed by atoms with Crippen molar-refractivity contribution < 1.29 is 34.4 Å². The van der Waals surface area contributed by atoms with Gasteiger partial charge in [-0.25, -0.2) is 4.79 Å². The van der Waals surface area contributed by atoms with Gasteiger partial charge in [-0.3, -0.25) is 4.79 Å². The zero-order valence-corrected chi connectivity index (χ0v) is 26.0.